The van der Waals surface area contributed by atoms with E-state index in [2.05, 4.69) is 155 Å². The number of benzene rings is 6. The summed E-state index contributed by atoms with van der Waals surface area (Å²) in [6.07, 6.45) is 15.9. The molecule has 2 aliphatic rings. The van der Waals surface area contributed by atoms with E-state index in [1.807, 2.05) is 12.1 Å². The van der Waals surface area contributed by atoms with Crippen molar-refractivity contribution in [3.63, 3.8) is 0 Å². The van der Waals surface area contributed by atoms with Crippen molar-refractivity contribution < 1.29 is 4.42 Å². The maximum Gasteiger partial charge on any atom is 0.137 e. The first-order chi connectivity index (χ1) is 25.3. The molecule has 3 heteroatoms. The van der Waals surface area contributed by atoms with Crippen LogP contribution in [0.1, 0.15) is 25.7 Å². The first kappa shape index (κ1) is 28.5. The molecule has 0 saturated carbocycles. The second-order valence-corrected chi connectivity index (χ2v) is 14.0. The highest BCUT2D eigenvalue weighted by Crippen LogP contribution is 2.40. The second kappa shape index (κ2) is 11.1. The molecule has 0 fully saturated rings. The molecule has 51 heavy (non-hydrogen) atoms. The molecule has 0 radical (unpaired) electrons. The van der Waals surface area contributed by atoms with Crippen LogP contribution in [0, 0.1) is 0 Å². The van der Waals surface area contributed by atoms with Crippen LogP contribution < -0.4 is 0 Å². The van der Waals surface area contributed by atoms with E-state index >= 15 is 0 Å². The molecule has 3 nitrogen and oxygen atoms in total. The van der Waals surface area contributed by atoms with E-state index in [1.165, 1.54) is 71.6 Å². The molecule has 0 spiro atoms. The third kappa shape index (κ3) is 4.38. The number of nitrogens with zero attached hydrogens (tertiary/aromatic N) is 2. The van der Waals surface area contributed by atoms with Crippen LogP contribution in [0.5, 0.6) is 0 Å². The van der Waals surface area contributed by atoms with E-state index in [1.54, 1.807) is 0 Å². The van der Waals surface area contributed by atoms with E-state index in [-0.39, 0.29) is 0 Å². The Balaban J connectivity index is 1.04. The van der Waals surface area contributed by atoms with Gasteiger partial charge in [0.15, 0.2) is 0 Å². The topological polar surface area (TPSA) is 23.0 Å². The van der Waals surface area contributed by atoms with Crippen molar-refractivity contribution in [1.29, 1.82) is 0 Å². The van der Waals surface area contributed by atoms with Crippen LogP contribution in [-0.4, -0.2) is 9.13 Å². The zero-order valence-corrected chi connectivity index (χ0v) is 28.1. The van der Waals surface area contributed by atoms with Crippen molar-refractivity contribution in [2.45, 2.75) is 25.7 Å². The summed E-state index contributed by atoms with van der Waals surface area (Å²) in [5.74, 6) is 0. The van der Waals surface area contributed by atoms with Gasteiger partial charge in [0.2, 0.25) is 0 Å². The Morgan fingerprint density at radius 3 is 1.76 bits per heavy atom. The van der Waals surface area contributed by atoms with Crippen LogP contribution in [-0.2, 0) is 0 Å². The predicted molar refractivity (Wildman–Crippen MR) is 215 cm³/mol. The molecule has 0 N–H and O–H groups in total. The Kier molecular flexibility index (Phi) is 6.20. The van der Waals surface area contributed by atoms with Gasteiger partial charge in [-0.2, -0.15) is 0 Å². The second-order valence-electron chi connectivity index (χ2n) is 14.0. The maximum absolute atomic E-state index is 6.30. The molecule has 0 bridgehead atoms. The lowest BCUT2D eigenvalue weighted by molar-refractivity contribution is 0.668. The Morgan fingerprint density at radius 1 is 0.431 bits per heavy atom. The van der Waals surface area contributed by atoms with Crippen molar-refractivity contribution in [2.24, 2.45) is 0 Å². The minimum Gasteiger partial charge on any atom is -0.456 e. The Morgan fingerprint density at radius 2 is 1.06 bits per heavy atom. The van der Waals surface area contributed by atoms with Crippen molar-refractivity contribution >= 4 is 71.2 Å². The summed E-state index contributed by atoms with van der Waals surface area (Å²) in [4.78, 5) is 0. The summed E-state index contributed by atoms with van der Waals surface area (Å²) in [7, 11) is 0. The number of fused-ring (bicyclic) bond motifs is 9. The minimum atomic E-state index is 0.906. The molecule has 11 rings (SSSR count). The number of furan rings is 1. The lowest BCUT2D eigenvalue weighted by Crippen LogP contribution is -2.03. The van der Waals surface area contributed by atoms with Gasteiger partial charge < -0.3 is 13.6 Å². The van der Waals surface area contributed by atoms with Crippen LogP contribution in [0.4, 0.5) is 0 Å². The summed E-state index contributed by atoms with van der Waals surface area (Å²) < 4.78 is 11.2. The van der Waals surface area contributed by atoms with Gasteiger partial charge in [-0.15, -0.1) is 0 Å². The lowest BCUT2D eigenvalue weighted by Gasteiger charge is -2.20. The normalized spacial score (nSPS) is 15.0. The van der Waals surface area contributed by atoms with Crippen LogP contribution in [0.2, 0.25) is 0 Å². The van der Waals surface area contributed by atoms with Crippen molar-refractivity contribution in [1.82, 2.24) is 9.13 Å². The molecule has 9 aromatic rings. The van der Waals surface area contributed by atoms with Crippen molar-refractivity contribution in [3.8, 4) is 16.8 Å². The van der Waals surface area contributed by atoms with E-state index in [0.29, 0.717) is 0 Å². The highest BCUT2D eigenvalue weighted by molar-refractivity contribution is 6.13. The SMILES string of the molecule is C1=CCCC(C2=CC=C(n3c4ccccc4c4cc(-c5ccc6c(c5)c5ccccc5n6-c5ccc6c(c5)oc5ccccc56)ccc43)CC2)=C1. The third-order valence-electron chi connectivity index (χ3n) is 11.1. The average molecular weight is 655 g/mol. The Hall–Kier alpha value is -6.32. The molecule has 0 amide bonds. The zero-order chi connectivity index (χ0) is 33.5. The van der Waals surface area contributed by atoms with Gasteiger partial charge in [-0.1, -0.05) is 91.0 Å². The summed E-state index contributed by atoms with van der Waals surface area (Å²) in [5.41, 5.74) is 14.6. The molecule has 3 heterocycles. The zero-order valence-electron chi connectivity index (χ0n) is 28.1. The van der Waals surface area contributed by atoms with Gasteiger partial charge in [0, 0.05) is 49.8 Å². The number of hydrogen-bond acceptors (Lipinski definition) is 1. The number of rotatable bonds is 4. The molecule has 3 aromatic heterocycles. The highest BCUT2D eigenvalue weighted by atomic mass is 16.3. The fraction of sp³-hybridized carbons (Fsp3) is 0.0833. The van der Waals surface area contributed by atoms with Crippen LogP contribution in [0.25, 0.3) is 88.1 Å². The molecule has 0 atom stereocenters. The minimum absolute atomic E-state index is 0.906. The quantitative estimate of drug-likeness (QED) is 0.185. The van der Waals surface area contributed by atoms with Gasteiger partial charge in [0.25, 0.3) is 0 Å². The van der Waals surface area contributed by atoms with Gasteiger partial charge in [0.05, 0.1) is 22.1 Å². The monoisotopic (exact) mass is 654 g/mol. The van der Waals surface area contributed by atoms with E-state index in [9.17, 15) is 0 Å². The maximum atomic E-state index is 6.30. The van der Waals surface area contributed by atoms with E-state index in [0.717, 1.165) is 53.3 Å². The van der Waals surface area contributed by atoms with E-state index in [4.69, 9.17) is 4.42 Å². The molecule has 0 saturated heterocycles. The molecule has 0 aliphatic heterocycles. The van der Waals surface area contributed by atoms with E-state index < -0.39 is 0 Å². The Bertz CT molecular complexity index is 3020. The first-order valence-corrected chi connectivity index (χ1v) is 18.0. The molecular weight excluding hydrogens is 621 g/mol. The molecule has 6 aromatic carbocycles. The third-order valence-corrected chi connectivity index (χ3v) is 11.1. The molecule has 0 unspecified atom stereocenters. The van der Waals surface area contributed by atoms with Crippen LogP contribution in [0.3, 0.4) is 0 Å². The largest absolute Gasteiger partial charge is 0.456 e. The van der Waals surface area contributed by atoms with Crippen LogP contribution in [0.15, 0.2) is 173 Å². The van der Waals surface area contributed by atoms with Crippen molar-refractivity contribution in [3.05, 3.63) is 169 Å². The fourth-order valence-corrected chi connectivity index (χ4v) is 8.70. The summed E-state index contributed by atoms with van der Waals surface area (Å²) in [6.45, 7) is 0. The number of allylic oxidation sites excluding steroid dienone is 8. The van der Waals surface area contributed by atoms with Crippen LogP contribution >= 0.6 is 0 Å². The first-order valence-electron chi connectivity index (χ1n) is 18.0. The number of para-hydroxylation sites is 3. The standard InChI is InChI=1S/C48H34N2O/c1-2-10-31(11-3-1)32-18-22-35(23-19-32)49-43-15-7-4-12-37(43)41-28-33(20-26-45(41)49)34-21-27-46-42(29-34)38-13-5-8-16-44(38)50(46)36-24-25-40-39-14-6-9-17-47(39)51-48(40)30-36/h1-2,4-10,12-18,20-22,24-30H,3,11,19,23H2. The lowest BCUT2D eigenvalue weighted by atomic mass is 9.90. The Labute approximate surface area is 295 Å². The summed E-state index contributed by atoms with van der Waals surface area (Å²) in [6, 6.07) is 46.5. The van der Waals surface area contributed by atoms with Crippen molar-refractivity contribution in [2.75, 3.05) is 0 Å². The number of aromatic nitrogens is 2. The fourth-order valence-electron chi connectivity index (χ4n) is 8.70. The predicted octanol–water partition coefficient (Wildman–Crippen LogP) is 13.3. The smallest absolute Gasteiger partial charge is 0.137 e. The molecule has 242 valence electrons. The number of hydrogen-bond donors (Lipinski definition) is 0. The van der Waals surface area contributed by atoms with Gasteiger partial charge in [0.1, 0.15) is 11.2 Å². The molecular formula is C48H34N2O. The summed E-state index contributed by atoms with van der Waals surface area (Å²) >= 11 is 0. The average Bonchev–Trinajstić information content (AvgIpc) is 3.85. The molecule has 2 aliphatic carbocycles. The highest BCUT2D eigenvalue weighted by Gasteiger charge is 2.19. The van der Waals surface area contributed by atoms with Gasteiger partial charge in [-0.3, -0.25) is 0 Å². The van der Waals surface area contributed by atoms with Gasteiger partial charge in [-0.25, -0.2) is 0 Å². The van der Waals surface area contributed by atoms with Gasteiger partial charge in [-0.05, 0) is 109 Å². The van der Waals surface area contributed by atoms with Gasteiger partial charge >= 0.3 is 0 Å². The summed E-state index contributed by atoms with van der Waals surface area (Å²) in [5, 5.41) is 7.37.